The summed E-state index contributed by atoms with van der Waals surface area (Å²) in [7, 11) is -4.13. The summed E-state index contributed by atoms with van der Waals surface area (Å²) >= 11 is 1.50. The predicted molar refractivity (Wildman–Crippen MR) is 160 cm³/mol. The van der Waals surface area contributed by atoms with E-state index in [4.69, 9.17) is 4.74 Å². The van der Waals surface area contributed by atoms with Crippen molar-refractivity contribution in [2.45, 2.75) is 50.1 Å². The molecule has 0 fully saturated rings. The number of hydrogen-bond donors (Lipinski definition) is 1. The average Bonchev–Trinajstić information content (AvgIpc) is 2.95. The predicted octanol–water partition coefficient (Wildman–Crippen LogP) is 4.86. The maximum atomic E-state index is 13.9. The van der Waals surface area contributed by atoms with Crippen LogP contribution in [0.4, 0.5) is 5.69 Å². The Bertz CT molecular complexity index is 1390. The molecule has 3 rings (SSSR count). The van der Waals surface area contributed by atoms with Crippen LogP contribution < -0.4 is 14.4 Å². The van der Waals surface area contributed by atoms with E-state index in [1.54, 1.807) is 50.2 Å². The van der Waals surface area contributed by atoms with Gasteiger partial charge < -0.3 is 15.0 Å². The van der Waals surface area contributed by atoms with Crippen LogP contribution in [0.25, 0.3) is 0 Å². The van der Waals surface area contributed by atoms with Gasteiger partial charge >= 0.3 is 0 Å². The number of likely N-dealkylation sites (N-methyl/N-ethyl adjacent to an activating group) is 1. The molecule has 0 spiro atoms. The molecule has 40 heavy (non-hydrogen) atoms. The first kappa shape index (κ1) is 31.0. The van der Waals surface area contributed by atoms with Crippen LogP contribution in [0.5, 0.6) is 5.75 Å². The number of benzene rings is 3. The summed E-state index contributed by atoms with van der Waals surface area (Å²) in [6.45, 7) is 7.80. The Balaban J connectivity index is 2.03. The molecule has 0 aliphatic rings. The third-order valence-electron chi connectivity index (χ3n) is 6.32. The summed E-state index contributed by atoms with van der Waals surface area (Å²) < 4.78 is 34.5. The van der Waals surface area contributed by atoms with Crippen molar-refractivity contribution in [1.29, 1.82) is 0 Å². The van der Waals surface area contributed by atoms with Gasteiger partial charge in [0.15, 0.2) is 0 Å². The first-order valence-corrected chi connectivity index (χ1v) is 15.8. The van der Waals surface area contributed by atoms with Crippen LogP contribution in [0.3, 0.4) is 0 Å². The third kappa shape index (κ3) is 7.79. The lowest BCUT2D eigenvalue weighted by atomic mass is 10.1. The Kier molecular flexibility index (Phi) is 11.0. The molecule has 214 valence electrons. The van der Waals surface area contributed by atoms with Crippen LogP contribution in [0.2, 0.25) is 0 Å². The normalized spacial score (nSPS) is 11.9. The molecular weight excluding hydrogens is 546 g/mol. The fourth-order valence-electron chi connectivity index (χ4n) is 4.19. The van der Waals surface area contributed by atoms with E-state index in [0.29, 0.717) is 24.6 Å². The smallest absolute Gasteiger partial charge is 0.264 e. The molecule has 3 aromatic rings. The molecule has 0 saturated heterocycles. The Morgan fingerprint density at radius 2 is 1.68 bits per heavy atom. The SMILES string of the molecule is CCNC(=O)[C@H](C)N(Cc1cccc(C)c1)C(=O)CN(c1ccc(OCC)cc1)S(=O)(=O)c1ccc(SC)cc1. The van der Waals surface area contributed by atoms with E-state index in [-0.39, 0.29) is 17.3 Å². The van der Waals surface area contributed by atoms with Gasteiger partial charge in [0, 0.05) is 18.0 Å². The summed E-state index contributed by atoms with van der Waals surface area (Å²) in [5.74, 6) is -0.227. The Morgan fingerprint density at radius 3 is 2.25 bits per heavy atom. The van der Waals surface area contributed by atoms with Gasteiger partial charge in [0.1, 0.15) is 18.3 Å². The zero-order valence-electron chi connectivity index (χ0n) is 23.6. The Hall–Kier alpha value is -3.50. The van der Waals surface area contributed by atoms with Crippen LogP contribution in [-0.2, 0) is 26.2 Å². The highest BCUT2D eigenvalue weighted by atomic mass is 32.2. The number of ether oxygens (including phenoxy) is 1. The minimum absolute atomic E-state index is 0.0639. The number of carbonyl (C=O) groups excluding carboxylic acids is 2. The van der Waals surface area contributed by atoms with Crippen molar-refractivity contribution in [3.63, 3.8) is 0 Å². The van der Waals surface area contributed by atoms with Crippen LogP contribution >= 0.6 is 11.8 Å². The summed E-state index contributed by atoms with van der Waals surface area (Å²) in [4.78, 5) is 29.2. The van der Waals surface area contributed by atoms with Gasteiger partial charge in [0.2, 0.25) is 11.8 Å². The van der Waals surface area contributed by atoms with Crippen molar-refractivity contribution in [2.75, 3.05) is 30.3 Å². The second-order valence-electron chi connectivity index (χ2n) is 9.20. The van der Waals surface area contributed by atoms with Crippen LogP contribution in [0.1, 0.15) is 31.9 Å². The molecule has 0 radical (unpaired) electrons. The van der Waals surface area contributed by atoms with Crippen molar-refractivity contribution in [3.8, 4) is 5.75 Å². The fourth-order valence-corrected chi connectivity index (χ4v) is 6.01. The molecule has 8 nitrogen and oxygen atoms in total. The zero-order valence-corrected chi connectivity index (χ0v) is 25.2. The number of aryl methyl sites for hydroxylation is 1. The summed E-state index contributed by atoms with van der Waals surface area (Å²) in [6.07, 6.45) is 1.91. The minimum atomic E-state index is -4.13. The molecule has 2 amide bonds. The van der Waals surface area contributed by atoms with E-state index >= 15 is 0 Å². The number of carbonyl (C=O) groups is 2. The van der Waals surface area contributed by atoms with Gasteiger partial charge in [0.25, 0.3) is 10.0 Å². The van der Waals surface area contributed by atoms with Gasteiger partial charge in [-0.1, -0.05) is 29.8 Å². The van der Waals surface area contributed by atoms with Crippen molar-refractivity contribution in [1.82, 2.24) is 10.2 Å². The molecule has 0 saturated carbocycles. The number of nitrogens with zero attached hydrogens (tertiary/aromatic N) is 2. The van der Waals surface area contributed by atoms with Gasteiger partial charge in [-0.05, 0) is 88.0 Å². The molecule has 0 aliphatic heterocycles. The number of sulfonamides is 1. The number of thioether (sulfide) groups is 1. The average molecular weight is 584 g/mol. The highest BCUT2D eigenvalue weighted by molar-refractivity contribution is 7.98. The van der Waals surface area contributed by atoms with Crippen molar-refractivity contribution in [2.24, 2.45) is 0 Å². The van der Waals surface area contributed by atoms with E-state index in [9.17, 15) is 18.0 Å². The molecule has 0 unspecified atom stereocenters. The van der Waals surface area contributed by atoms with Crippen LogP contribution in [-0.4, -0.2) is 57.1 Å². The van der Waals surface area contributed by atoms with Gasteiger partial charge in [-0.3, -0.25) is 13.9 Å². The molecular formula is C30H37N3O5S2. The number of hydrogen-bond acceptors (Lipinski definition) is 6. The second kappa shape index (κ2) is 14.2. The van der Waals surface area contributed by atoms with E-state index < -0.39 is 28.5 Å². The monoisotopic (exact) mass is 583 g/mol. The lowest BCUT2D eigenvalue weighted by molar-refractivity contribution is -0.139. The number of rotatable bonds is 13. The lowest BCUT2D eigenvalue weighted by Crippen LogP contribution is -2.51. The topological polar surface area (TPSA) is 96.0 Å². The van der Waals surface area contributed by atoms with E-state index in [1.165, 1.54) is 28.8 Å². The van der Waals surface area contributed by atoms with Crippen LogP contribution in [0.15, 0.2) is 82.6 Å². The summed E-state index contributed by atoms with van der Waals surface area (Å²) in [5.41, 5.74) is 2.17. The summed E-state index contributed by atoms with van der Waals surface area (Å²) in [6, 6.07) is 20.0. The highest BCUT2D eigenvalue weighted by Gasteiger charge is 2.32. The van der Waals surface area contributed by atoms with E-state index in [1.807, 2.05) is 44.4 Å². The number of anilines is 1. The first-order chi connectivity index (χ1) is 19.1. The Morgan fingerprint density at radius 1 is 1.00 bits per heavy atom. The standard InChI is InChI=1S/C30H37N3O5S2/c1-6-31-30(35)23(4)32(20-24-10-8-9-22(3)19-24)29(34)21-33(25-11-13-26(14-12-25)38-7-2)40(36,37)28-17-15-27(39-5)16-18-28/h8-19,23H,6-7,20-21H2,1-5H3,(H,31,35)/t23-/m0/s1. The van der Waals surface area contributed by atoms with Gasteiger partial charge in [-0.25, -0.2) is 8.42 Å². The van der Waals surface area contributed by atoms with Crippen LogP contribution in [0, 0.1) is 6.92 Å². The van der Waals surface area contributed by atoms with Crippen molar-refractivity contribution in [3.05, 3.63) is 83.9 Å². The van der Waals surface area contributed by atoms with E-state index in [2.05, 4.69) is 5.32 Å². The molecule has 1 atom stereocenters. The van der Waals surface area contributed by atoms with Crippen molar-refractivity contribution >= 4 is 39.3 Å². The number of nitrogens with one attached hydrogen (secondary N) is 1. The maximum Gasteiger partial charge on any atom is 0.264 e. The highest BCUT2D eigenvalue weighted by Crippen LogP contribution is 2.28. The fraction of sp³-hybridized carbons (Fsp3) is 0.333. The van der Waals surface area contributed by atoms with E-state index in [0.717, 1.165) is 20.3 Å². The molecule has 0 heterocycles. The Labute approximate surface area is 241 Å². The quantitative estimate of drug-likeness (QED) is 0.289. The molecule has 0 bridgehead atoms. The minimum Gasteiger partial charge on any atom is -0.494 e. The van der Waals surface area contributed by atoms with Crippen molar-refractivity contribution < 1.29 is 22.7 Å². The largest absolute Gasteiger partial charge is 0.494 e. The molecule has 3 aromatic carbocycles. The van der Waals surface area contributed by atoms with Gasteiger partial charge in [-0.15, -0.1) is 11.8 Å². The zero-order chi connectivity index (χ0) is 29.3. The molecule has 1 N–H and O–H groups in total. The van der Waals surface area contributed by atoms with Gasteiger partial charge in [0.05, 0.1) is 17.2 Å². The maximum absolute atomic E-state index is 13.9. The second-order valence-corrected chi connectivity index (χ2v) is 11.9. The molecule has 10 heteroatoms. The lowest BCUT2D eigenvalue weighted by Gasteiger charge is -2.32. The molecule has 0 aliphatic carbocycles. The first-order valence-electron chi connectivity index (χ1n) is 13.1. The number of amides is 2. The summed E-state index contributed by atoms with van der Waals surface area (Å²) in [5, 5.41) is 2.77. The van der Waals surface area contributed by atoms with Gasteiger partial charge in [-0.2, -0.15) is 0 Å². The molecule has 0 aromatic heterocycles. The third-order valence-corrected chi connectivity index (χ3v) is 8.85.